The molecule has 0 spiro atoms. The maximum Gasteiger partial charge on any atom is 0.224 e. The van der Waals surface area contributed by atoms with E-state index < -0.39 is 0 Å². The Balaban J connectivity index is 1.96. The number of rotatable bonds is 3. The van der Waals surface area contributed by atoms with Gasteiger partial charge in [-0.3, -0.25) is 9.59 Å². The van der Waals surface area contributed by atoms with Crippen molar-refractivity contribution in [3.05, 3.63) is 0 Å². The van der Waals surface area contributed by atoms with Crippen LogP contribution < -0.4 is 5.32 Å². The van der Waals surface area contributed by atoms with E-state index in [1.54, 1.807) is 0 Å². The first-order valence-electron chi connectivity index (χ1n) is 7.11. The molecule has 102 valence electrons. The largest absolute Gasteiger partial charge is 0.356 e. The molecule has 3 atom stereocenters. The summed E-state index contributed by atoms with van der Waals surface area (Å²) in [4.78, 5) is 25.9. The molecule has 3 unspecified atom stereocenters. The molecule has 1 aliphatic carbocycles. The predicted molar refractivity (Wildman–Crippen MR) is 70.2 cm³/mol. The lowest BCUT2D eigenvalue weighted by atomic mass is 9.74. The van der Waals surface area contributed by atoms with Gasteiger partial charge in [0.05, 0.1) is 5.92 Å². The lowest BCUT2D eigenvalue weighted by molar-refractivity contribution is -0.132. The van der Waals surface area contributed by atoms with E-state index in [0.717, 1.165) is 38.8 Å². The number of fused-ring (bicyclic) bond motifs is 1. The Bertz CT molecular complexity index is 330. The van der Waals surface area contributed by atoms with Gasteiger partial charge in [0.1, 0.15) is 5.78 Å². The van der Waals surface area contributed by atoms with Gasteiger partial charge in [0, 0.05) is 32.0 Å². The molecule has 4 nitrogen and oxygen atoms in total. The third kappa shape index (κ3) is 2.91. The van der Waals surface area contributed by atoms with Crippen LogP contribution in [0, 0.1) is 11.8 Å². The van der Waals surface area contributed by atoms with Crippen molar-refractivity contribution < 1.29 is 9.59 Å². The topological polar surface area (TPSA) is 49.4 Å². The number of hydrogen-bond donors (Lipinski definition) is 1. The highest BCUT2D eigenvalue weighted by molar-refractivity contribution is 5.81. The second-order valence-corrected chi connectivity index (χ2v) is 5.77. The number of Topliss-reactive ketones (excluding diaryl/α,β-unsaturated/α-hetero) is 1. The molecule has 1 amide bonds. The number of carbonyl (C=O) groups excluding carboxylic acids is 2. The van der Waals surface area contributed by atoms with E-state index in [9.17, 15) is 9.59 Å². The molecule has 1 N–H and O–H groups in total. The summed E-state index contributed by atoms with van der Waals surface area (Å²) < 4.78 is 0. The number of nitrogens with one attached hydrogen (secondary N) is 1. The second-order valence-electron chi connectivity index (χ2n) is 5.77. The molecule has 1 heterocycles. The van der Waals surface area contributed by atoms with Gasteiger partial charge in [-0.05, 0) is 32.2 Å². The average Bonchev–Trinajstić information content (AvgIpc) is 2.35. The fourth-order valence-corrected chi connectivity index (χ4v) is 3.40. The molecule has 0 aromatic rings. The molecule has 0 bridgehead atoms. The molecule has 0 aromatic carbocycles. The monoisotopic (exact) mass is 252 g/mol. The van der Waals surface area contributed by atoms with Gasteiger partial charge in [-0.2, -0.15) is 0 Å². The lowest BCUT2D eigenvalue weighted by Gasteiger charge is -2.44. The Kier molecular flexibility index (Phi) is 4.38. The van der Waals surface area contributed by atoms with Crippen molar-refractivity contribution in [1.82, 2.24) is 10.2 Å². The quantitative estimate of drug-likeness (QED) is 0.821. The fourth-order valence-electron chi connectivity index (χ4n) is 3.40. The minimum atomic E-state index is 0.0636. The third-order valence-corrected chi connectivity index (χ3v) is 4.33. The van der Waals surface area contributed by atoms with Crippen molar-refractivity contribution in [2.45, 2.75) is 45.1 Å². The van der Waals surface area contributed by atoms with Gasteiger partial charge in [0.25, 0.3) is 0 Å². The molecule has 2 rings (SSSR count). The van der Waals surface area contributed by atoms with Crippen LogP contribution in [0.2, 0.25) is 0 Å². The maximum atomic E-state index is 12.0. The third-order valence-electron chi connectivity index (χ3n) is 4.33. The Labute approximate surface area is 109 Å². The molecular formula is C14H24N2O2. The highest BCUT2D eigenvalue weighted by Crippen LogP contribution is 2.35. The Morgan fingerprint density at radius 1 is 1.50 bits per heavy atom. The van der Waals surface area contributed by atoms with Gasteiger partial charge in [-0.1, -0.05) is 6.92 Å². The summed E-state index contributed by atoms with van der Waals surface area (Å²) in [6.45, 7) is 3.65. The van der Waals surface area contributed by atoms with Crippen LogP contribution in [0.25, 0.3) is 0 Å². The number of ketones is 1. The maximum absolute atomic E-state index is 12.0. The van der Waals surface area contributed by atoms with Gasteiger partial charge < -0.3 is 10.2 Å². The van der Waals surface area contributed by atoms with E-state index in [2.05, 4.69) is 24.2 Å². The molecular weight excluding hydrogens is 228 g/mol. The molecule has 0 aromatic heterocycles. The number of hydrogen-bond acceptors (Lipinski definition) is 3. The molecule has 2 aliphatic rings. The summed E-state index contributed by atoms with van der Waals surface area (Å²) in [5.74, 6) is 0.996. The van der Waals surface area contributed by atoms with Gasteiger partial charge in [-0.15, -0.1) is 0 Å². The van der Waals surface area contributed by atoms with Crippen LogP contribution in [0.15, 0.2) is 0 Å². The van der Waals surface area contributed by atoms with Gasteiger partial charge in [-0.25, -0.2) is 0 Å². The Hall–Kier alpha value is -0.900. The first kappa shape index (κ1) is 13.5. The zero-order chi connectivity index (χ0) is 13.1. The van der Waals surface area contributed by atoms with Crippen molar-refractivity contribution in [2.24, 2.45) is 11.8 Å². The lowest BCUT2D eigenvalue weighted by Crippen LogP contribution is -2.52. The predicted octanol–water partition coefficient (Wildman–Crippen LogP) is 1.20. The summed E-state index contributed by atoms with van der Waals surface area (Å²) in [5.41, 5.74) is 0. The van der Waals surface area contributed by atoms with Crippen molar-refractivity contribution in [1.29, 1.82) is 0 Å². The summed E-state index contributed by atoms with van der Waals surface area (Å²) in [6, 6.07) is 0.512. The van der Waals surface area contributed by atoms with Crippen LogP contribution in [0.3, 0.4) is 0 Å². The second kappa shape index (κ2) is 5.83. The van der Waals surface area contributed by atoms with Gasteiger partial charge >= 0.3 is 0 Å². The van der Waals surface area contributed by atoms with Crippen molar-refractivity contribution in [2.75, 3.05) is 20.1 Å². The molecule has 1 saturated heterocycles. The molecule has 4 heteroatoms. The number of likely N-dealkylation sites (tertiary alicyclic amines) is 1. The molecule has 0 radical (unpaired) electrons. The normalized spacial score (nSPS) is 33.0. The van der Waals surface area contributed by atoms with Crippen LogP contribution in [-0.2, 0) is 9.59 Å². The minimum absolute atomic E-state index is 0.0636. The first-order chi connectivity index (χ1) is 8.61. The first-order valence-corrected chi connectivity index (χ1v) is 7.11. The Morgan fingerprint density at radius 2 is 2.28 bits per heavy atom. The number of carbonyl (C=O) groups is 2. The zero-order valence-corrected chi connectivity index (χ0v) is 11.4. The SMILES string of the molecule is CCCNC(=O)C1CC2CC(=O)CCC2N(C)C1. The number of amides is 1. The van der Waals surface area contributed by atoms with Crippen LogP contribution in [0.5, 0.6) is 0 Å². The van der Waals surface area contributed by atoms with E-state index in [1.165, 1.54) is 0 Å². The van der Waals surface area contributed by atoms with Crippen LogP contribution >= 0.6 is 0 Å². The number of nitrogens with zero attached hydrogens (tertiary/aromatic N) is 1. The van der Waals surface area contributed by atoms with Crippen molar-refractivity contribution >= 4 is 11.7 Å². The summed E-state index contributed by atoms with van der Waals surface area (Å²) in [6.07, 6.45) is 4.23. The molecule has 2 fully saturated rings. The van der Waals surface area contributed by atoms with E-state index in [-0.39, 0.29) is 11.8 Å². The van der Waals surface area contributed by atoms with E-state index in [0.29, 0.717) is 24.2 Å². The summed E-state index contributed by atoms with van der Waals surface area (Å²) >= 11 is 0. The van der Waals surface area contributed by atoms with Crippen molar-refractivity contribution in [3.8, 4) is 0 Å². The molecule has 1 saturated carbocycles. The van der Waals surface area contributed by atoms with Gasteiger partial charge in [0.2, 0.25) is 5.91 Å². The van der Waals surface area contributed by atoms with Crippen molar-refractivity contribution in [3.63, 3.8) is 0 Å². The van der Waals surface area contributed by atoms with Crippen LogP contribution in [0.4, 0.5) is 0 Å². The fraction of sp³-hybridized carbons (Fsp3) is 0.857. The zero-order valence-electron chi connectivity index (χ0n) is 11.4. The average molecular weight is 252 g/mol. The van der Waals surface area contributed by atoms with Crippen LogP contribution in [0.1, 0.15) is 39.0 Å². The highest BCUT2D eigenvalue weighted by Gasteiger charge is 2.40. The smallest absolute Gasteiger partial charge is 0.224 e. The van der Waals surface area contributed by atoms with E-state index in [1.807, 2.05) is 0 Å². The van der Waals surface area contributed by atoms with Crippen LogP contribution in [-0.4, -0.2) is 42.8 Å². The minimum Gasteiger partial charge on any atom is -0.356 e. The highest BCUT2D eigenvalue weighted by atomic mass is 16.2. The standard InChI is InChI=1S/C14H24N2O2/c1-3-6-15-14(18)11-7-10-8-12(17)4-5-13(10)16(2)9-11/h10-11,13H,3-9H2,1-2H3,(H,15,18). The van der Waals surface area contributed by atoms with E-state index >= 15 is 0 Å². The molecule has 1 aliphatic heterocycles. The Morgan fingerprint density at radius 3 is 3.00 bits per heavy atom. The molecule has 18 heavy (non-hydrogen) atoms. The summed E-state index contributed by atoms with van der Waals surface area (Å²) in [5, 5.41) is 2.98. The van der Waals surface area contributed by atoms with Gasteiger partial charge in [0.15, 0.2) is 0 Å². The summed E-state index contributed by atoms with van der Waals surface area (Å²) in [7, 11) is 2.09. The van der Waals surface area contributed by atoms with E-state index in [4.69, 9.17) is 0 Å². The number of piperidine rings is 1.